The molecular weight excluding hydrogens is 374 g/mol. The van der Waals surface area contributed by atoms with Crippen molar-refractivity contribution in [2.24, 2.45) is 0 Å². The fourth-order valence-electron chi connectivity index (χ4n) is 2.96. The van der Waals surface area contributed by atoms with Crippen molar-refractivity contribution in [3.05, 3.63) is 65.9 Å². The molecule has 7 heteroatoms. The van der Waals surface area contributed by atoms with Gasteiger partial charge in [0.15, 0.2) is 0 Å². The maximum atomic E-state index is 12.6. The van der Waals surface area contributed by atoms with Gasteiger partial charge >= 0.3 is 0 Å². The van der Waals surface area contributed by atoms with E-state index in [9.17, 15) is 13.2 Å². The van der Waals surface area contributed by atoms with Gasteiger partial charge in [0.2, 0.25) is 10.0 Å². The lowest BCUT2D eigenvalue weighted by atomic mass is 10.1. The summed E-state index contributed by atoms with van der Waals surface area (Å²) in [4.78, 5) is 15.6. The molecule has 0 bridgehead atoms. The lowest BCUT2D eigenvalue weighted by Crippen LogP contribution is -2.40. The van der Waals surface area contributed by atoms with E-state index in [0.29, 0.717) is 12.0 Å². The fraction of sp³-hybridized carbons (Fsp3) is 0.286. The van der Waals surface area contributed by atoms with Crippen molar-refractivity contribution < 1.29 is 13.2 Å². The van der Waals surface area contributed by atoms with Crippen LogP contribution in [0.4, 0.5) is 0 Å². The van der Waals surface area contributed by atoms with E-state index in [-0.39, 0.29) is 17.3 Å². The predicted molar refractivity (Wildman–Crippen MR) is 111 cm³/mol. The molecule has 0 saturated heterocycles. The average Bonchev–Trinajstić information content (AvgIpc) is 3.04. The van der Waals surface area contributed by atoms with Gasteiger partial charge < -0.3 is 10.3 Å². The average molecular weight is 400 g/mol. The summed E-state index contributed by atoms with van der Waals surface area (Å²) in [5, 5.41) is 3.92. The van der Waals surface area contributed by atoms with Crippen LogP contribution in [-0.2, 0) is 16.4 Å². The summed E-state index contributed by atoms with van der Waals surface area (Å²) in [7, 11) is -3.71. The van der Waals surface area contributed by atoms with Crippen molar-refractivity contribution in [2.45, 2.75) is 37.6 Å². The first-order chi connectivity index (χ1) is 13.2. The van der Waals surface area contributed by atoms with Crippen LogP contribution in [0.5, 0.6) is 0 Å². The Bertz CT molecular complexity index is 1100. The molecule has 28 heavy (non-hydrogen) atoms. The molecule has 3 rings (SSSR count). The van der Waals surface area contributed by atoms with Crippen molar-refractivity contribution in [1.29, 1.82) is 0 Å². The van der Waals surface area contributed by atoms with E-state index in [2.05, 4.69) is 15.0 Å². The van der Waals surface area contributed by atoms with Crippen LogP contribution in [0.2, 0.25) is 0 Å². The summed E-state index contributed by atoms with van der Waals surface area (Å²) in [6.45, 7) is 5.88. The number of para-hydroxylation sites is 1. The predicted octanol–water partition coefficient (Wildman–Crippen LogP) is 3.22. The summed E-state index contributed by atoms with van der Waals surface area (Å²) >= 11 is 0. The van der Waals surface area contributed by atoms with Crippen LogP contribution in [0.25, 0.3) is 10.9 Å². The SMILES string of the molecule is CC(C)(C)NC(=O)c1cccc(S(=O)(=O)NCCc2c[nH]c3ccccc23)c1. The normalized spacial score (nSPS) is 12.2. The van der Waals surface area contributed by atoms with Gasteiger partial charge in [-0.05, 0) is 57.0 Å². The number of rotatable bonds is 6. The van der Waals surface area contributed by atoms with Crippen LogP contribution in [0.15, 0.2) is 59.6 Å². The van der Waals surface area contributed by atoms with Gasteiger partial charge in [0, 0.05) is 34.7 Å². The minimum Gasteiger partial charge on any atom is -0.361 e. The Morgan fingerprint density at radius 2 is 1.82 bits per heavy atom. The lowest BCUT2D eigenvalue weighted by molar-refractivity contribution is 0.0919. The highest BCUT2D eigenvalue weighted by molar-refractivity contribution is 7.89. The third-order valence-electron chi connectivity index (χ3n) is 4.26. The van der Waals surface area contributed by atoms with Gasteiger partial charge in [-0.3, -0.25) is 4.79 Å². The van der Waals surface area contributed by atoms with Gasteiger partial charge in [-0.15, -0.1) is 0 Å². The molecule has 0 aliphatic rings. The summed E-state index contributed by atoms with van der Waals surface area (Å²) in [6, 6.07) is 14.0. The molecule has 1 aromatic heterocycles. The van der Waals surface area contributed by atoms with Crippen LogP contribution in [0.1, 0.15) is 36.7 Å². The first-order valence-corrected chi connectivity index (χ1v) is 10.6. The highest BCUT2D eigenvalue weighted by Gasteiger charge is 2.19. The number of carbonyl (C=O) groups excluding carboxylic acids is 1. The van der Waals surface area contributed by atoms with Crippen molar-refractivity contribution >= 4 is 26.8 Å². The summed E-state index contributed by atoms with van der Waals surface area (Å²) < 4.78 is 27.9. The number of amides is 1. The Kier molecular flexibility index (Phi) is 5.58. The molecule has 0 aliphatic heterocycles. The Hall–Kier alpha value is -2.64. The van der Waals surface area contributed by atoms with Crippen LogP contribution >= 0.6 is 0 Å². The van der Waals surface area contributed by atoms with E-state index < -0.39 is 15.6 Å². The van der Waals surface area contributed by atoms with E-state index in [1.807, 2.05) is 51.2 Å². The third-order valence-corrected chi connectivity index (χ3v) is 5.72. The molecule has 1 amide bonds. The maximum absolute atomic E-state index is 12.6. The number of hydrogen-bond acceptors (Lipinski definition) is 3. The second-order valence-corrected chi connectivity index (χ2v) is 9.51. The Morgan fingerprint density at radius 1 is 1.07 bits per heavy atom. The zero-order chi connectivity index (χ0) is 20.4. The molecule has 0 saturated carbocycles. The molecule has 0 fully saturated rings. The second kappa shape index (κ2) is 7.77. The topological polar surface area (TPSA) is 91.1 Å². The maximum Gasteiger partial charge on any atom is 0.251 e. The largest absolute Gasteiger partial charge is 0.361 e. The molecule has 3 N–H and O–H groups in total. The molecule has 6 nitrogen and oxygen atoms in total. The molecule has 0 unspecified atom stereocenters. The number of aromatic nitrogens is 1. The minimum atomic E-state index is -3.71. The second-order valence-electron chi connectivity index (χ2n) is 7.74. The van der Waals surface area contributed by atoms with Crippen molar-refractivity contribution in [2.75, 3.05) is 6.54 Å². The highest BCUT2D eigenvalue weighted by atomic mass is 32.2. The molecule has 2 aromatic carbocycles. The number of fused-ring (bicyclic) bond motifs is 1. The van der Waals surface area contributed by atoms with Crippen LogP contribution < -0.4 is 10.0 Å². The molecule has 148 valence electrons. The number of hydrogen-bond donors (Lipinski definition) is 3. The van der Waals surface area contributed by atoms with Crippen molar-refractivity contribution in [3.63, 3.8) is 0 Å². The van der Waals surface area contributed by atoms with E-state index >= 15 is 0 Å². The molecular formula is C21H25N3O3S. The van der Waals surface area contributed by atoms with Crippen LogP contribution in [-0.4, -0.2) is 31.4 Å². The Balaban J connectivity index is 1.69. The number of aromatic amines is 1. The van der Waals surface area contributed by atoms with E-state index in [0.717, 1.165) is 16.5 Å². The van der Waals surface area contributed by atoms with Gasteiger partial charge in [-0.1, -0.05) is 24.3 Å². The fourth-order valence-corrected chi connectivity index (χ4v) is 4.04. The molecule has 0 spiro atoms. The van der Waals surface area contributed by atoms with Gasteiger partial charge in [-0.2, -0.15) is 0 Å². The van der Waals surface area contributed by atoms with E-state index in [1.165, 1.54) is 12.1 Å². The first-order valence-electron chi connectivity index (χ1n) is 9.13. The number of carbonyl (C=O) groups is 1. The van der Waals surface area contributed by atoms with E-state index in [1.54, 1.807) is 12.1 Å². The molecule has 0 atom stereocenters. The molecule has 1 heterocycles. The molecule has 3 aromatic rings. The lowest BCUT2D eigenvalue weighted by Gasteiger charge is -2.20. The first kappa shape index (κ1) is 20.1. The smallest absolute Gasteiger partial charge is 0.251 e. The number of sulfonamides is 1. The Labute approximate surface area is 165 Å². The quantitative estimate of drug-likeness (QED) is 0.594. The summed E-state index contributed by atoms with van der Waals surface area (Å²) in [5.74, 6) is -0.302. The number of benzene rings is 2. The van der Waals surface area contributed by atoms with E-state index in [4.69, 9.17) is 0 Å². The monoisotopic (exact) mass is 399 g/mol. The number of H-pyrrole nitrogens is 1. The van der Waals surface area contributed by atoms with Gasteiger partial charge in [0.1, 0.15) is 0 Å². The van der Waals surface area contributed by atoms with Crippen LogP contribution in [0, 0.1) is 0 Å². The van der Waals surface area contributed by atoms with Crippen molar-refractivity contribution in [1.82, 2.24) is 15.0 Å². The molecule has 0 aliphatic carbocycles. The van der Waals surface area contributed by atoms with Gasteiger partial charge in [-0.25, -0.2) is 13.1 Å². The standard InChI is InChI=1S/C21H25N3O3S/c1-21(2,3)24-20(25)15-7-6-8-17(13-15)28(26,27)23-12-11-16-14-22-19-10-5-4-9-18(16)19/h4-10,13-14,22-23H,11-12H2,1-3H3,(H,24,25). The highest BCUT2D eigenvalue weighted by Crippen LogP contribution is 2.18. The minimum absolute atomic E-state index is 0.0768. The zero-order valence-corrected chi connectivity index (χ0v) is 17.1. The van der Waals surface area contributed by atoms with Gasteiger partial charge in [0.25, 0.3) is 5.91 Å². The number of nitrogens with one attached hydrogen (secondary N) is 3. The summed E-state index contributed by atoms with van der Waals surface area (Å²) in [5.41, 5.74) is 1.99. The molecule has 0 radical (unpaired) electrons. The summed E-state index contributed by atoms with van der Waals surface area (Å²) in [6.07, 6.45) is 2.46. The third kappa shape index (κ3) is 4.79. The van der Waals surface area contributed by atoms with Crippen molar-refractivity contribution in [3.8, 4) is 0 Å². The Morgan fingerprint density at radius 3 is 2.57 bits per heavy atom. The van der Waals surface area contributed by atoms with Gasteiger partial charge in [0.05, 0.1) is 4.90 Å². The zero-order valence-electron chi connectivity index (χ0n) is 16.2. The van der Waals surface area contributed by atoms with Crippen LogP contribution in [0.3, 0.4) is 0 Å².